The van der Waals surface area contributed by atoms with E-state index in [2.05, 4.69) is 25.2 Å². The second-order valence-corrected chi connectivity index (χ2v) is 8.19. The van der Waals surface area contributed by atoms with Crippen molar-refractivity contribution < 1.29 is 9.53 Å². The number of halogens is 1. The molecule has 1 saturated heterocycles. The number of nitrogens with one attached hydrogen (secondary N) is 2. The Hall–Kier alpha value is -2.97. The van der Waals surface area contributed by atoms with Crippen LogP contribution in [-0.4, -0.2) is 51.0 Å². The molecule has 0 radical (unpaired) electrons. The van der Waals surface area contributed by atoms with E-state index in [9.17, 15) is 9.59 Å². The van der Waals surface area contributed by atoms with E-state index in [4.69, 9.17) is 16.3 Å². The van der Waals surface area contributed by atoms with Crippen LogP contribution in [0.1, 0.15) is 28.9 Å². The summed E-state index contributed by atoms with van der Waals surface area (Å²) in [6.45, 7) is 2.27. The molecule has 4 heterocycles. The molecular formula is C21H20ClN5O3. The third kappa shape index (κ3) is 4.15. The van der Waals surface area contributed by atoms with Crippen LogP contribution in [0.2, 0.25) is 5.02 Å². The first-order chi connectivity index (χ1) is 14.5. The second-order valence-electron chi connectivity index (χ2n) is 7.78. The van der Waals surface area contributed by atoms with Gasteiger partial charge in [-0.25, -0.2) is 4.98 Å². The number of hydrogen-bond donors (Lipinski definition) is 2. The topological polar surface area (TPSA) is 100 Å². The van der Waals surface area contributed by atoms with E-state index in [-0.39, 0.29) is 22.6 Å². The lowest BCUT2D eigenvalue weighted by molar-refractivity contribution is 0.0143. The number of aromatic nitrogens is 3. The average Bonchev–Trinajstić information content (AvgIpc) is 3.52. The van der Waals surface area contributed by atoms with Gasteiger partial charge in [0.25, 0.3) is 11.5 Å². The summed E-state index contributed by atoms with van der Waals surface area (Å²) in [5.74, 6) is 0.524. The lowest BCUT2D eigenvalue weighted by atomic mass is 10.1. The highest BCUT2D eigenvalue weighted by Gasteiger charge is 2.29. The number of fused-ring (bicyclic) bond motifs is 1. The number of pyridine rings is 3. The SMILES string of the molecule is O=C(NC1CC1)c1ccc(OC2CN(Cc3cnc4cc(Cl)c(=O)[nH]c4c3)C2)cn1. The predicted molar refractivity (Wildman–Crippen MR) is 112 cm³/mol. The average molecular weight is 426 g/mol. The maximum Gasteiger partial charge on any atom is 0.270 e. The van der Waals surface area contributed by atoms with Gasteiger partial charge in [-0.15, -0.1) is 0 Å². The summed E-state index contributed by atoms with van der Waals surface area (Å²) in [6.07, 6.45) is 5.56. The van der Waals surface area contributed by atoms with Crippen molar-refractivity contribution in [2.24, 2.45) is 0 Å². The summed E-state index contributed by atoms with van der Waals surface area (Å²) in [5.41, 5.74) is 2.44. The normalized spacial score (nSPS) is 17.0. The van der Waals surface area contributed by atoms with Crippen molar-refractivity contribution in [2.45, 2.75) is 31.5 Å². The van der Waals surface area contributed by atoms with Crippen LogP contribution in [0.5, 0.6) is 5.75 Å². The number of carbonyl (C=O) groups is 1. The molecule has 3 aromatic rings. The van der Waals surface area contributed by atoms with E-state index < -0.39 is 0 Å². The van der Waals surface area contributed by atoms with Crippen LogP contribution in [0.4, 0.5) is 0 Å². The number of aromatic amines is 1. The number of likely N-dealkylation sites (tertiary alicyclic amines) is 1. The first-order valence-corrected chi connectivity index (χ1v) is 10.2. The molecule has 30 heavy (non-hydrogen) atoms. The van der Waals surface area contributed by atoms with Crippen LogP contribution in [0.25, 0.3) is 11.0 Å². The summed E-state index contributed by atoms with van der Waals surface area (Å²) in [5, 5.41) is 3.05. The molecule has 0 spiro atoms. The molecule has 1 saturated carbocycles. The molecule has 1 aliphatic heterocycles. The molecule has 1 aliphatic carbocycles. The zero-order valence-corrected chi connectivity index (χ0v) is 16.9. The molecule has 0 atom stereocenters. The van der Waals surface area contributed by atoms with Crippen LogP contribution in [-0.2, 0) is 6.54 Å². The number of rotatable bonds is 6. The van der Waals surface area contributed by atoms with Gasteiger partial charge in [0, 0.05) is 31.9 Å². The summed E-state index contributed by atoms with van der Waals surface area (Å²) in [4.78, 5) is 37.2. The monoisotopic (exact) mass is 425 g/mol. The minimum atomic E-state index is -0.315. The van der Waals surface area contributed by atoms with Crippen LogP contribution in [0, 0.1) is 0 Å². The van der Waals surface area contributed by atoms with Gasteiger partial charge in [-0.1, -0.05) is 11.6 Å². The van der Waals surface area contributed by atoms with Gasteiger partial charge in [0.15, 0.2) is 0 Å². The van der Waals surface area contributed by atoms with Crippen molar-refractivity contribution in [3.63, 3.8) is 0 Å². The summed E-state index contributed by atoms with van der Waals surface area (Å²) in [7, 11) is 0. The van der Waals surface area contributed by atoms with Gasteiger partial charge in [0.2, 0.25) is 0 Å². The maximum absolute atomic E-state index is 12.0. The first-order valence-electron chi connectivity index (χ1n) is 9.87. The molecule has 0 bridgehead atoms. The lowest BCUT2D eigenvalue weighted by Gasteiger charge is -2.38. The molecule has 3 aromatic heterocycles. The summed E-state index contributed by atoms with van der Waals surface area (Å²) in [6, 6.07) is 7.28. The Balaban J connectivity index is 1.14. The number of carbonyl (C=O) groups excluding carboxylic acids is 1. The molecule has 154 valence electrons. The number of ether oxygens (including phenoxy) is 1. The van der Waals surface area contributed by atoms with Gasteiger partial charge in [-0.2, -0.15) is 0 Å². The van der Waals surface area contributed by atoms with E-state index >= 15 is 0 Å². The molecule has 5 rings (SSSR count). The van der Waals surface area contributed by atoms with Crippen molar-refractivity contribution in [3.05, 3.63) is 63.3 Å². The highest BCUT2D eigenvalue weighted by Crippen LogP contribution is 2.22. The van der Waals surface area contributed by atoms with Crippen LogP contribution < -0.4 is 15.6 Å². The third-order valence-corrected chi connectivity index (χ3v) is 5.50. The summed E-state index contributed by atoms with van der Waals surface area (Å²) >= 11 is 5.84. The molecule has 2 N–H and O–H groups in total. The molecule has 9 heteroatoms. The molecule has 2 fully saturated rings. The molecular weight excluding hydrogens is 406 g/mol. The molecule has 1 amide bonds. The zero-order chi connectivity index (χ0) is 20.7. The Morgan fingerprint density at radius 1 is 1.23 bits per heavy atom. The molecule has 2 aliphatic rings. The van der Waals surface area contributed by atoms with E-state index in [1.807, 2.05) is 6.07 Å². The van der Waals surface area contributed by atoms with E-state index in [1.54, 1.807) is 30.6 Å². The fraction of sp³-hybridized carbons (Fsp3) is 0.333. The van der Waals surface area contributed by atoms with Crippen molar-refractivity contribution in [1.29, 1.82) is 0 Å². The molecule has 8 nitrogen and oxygen atoms in total. The third-order valence-electron chi connectivity index (χ3n) is 5.22. The van der Waals surface area contributed by atoms with E-state index in [0.717, 1.165) is 31.5 Å². The Kier molecular flexibility index (Phi) is 4.88. The van der Waals surface area contributed by atoms with Gasteiger partial charge in [-0.05, 0) is 42.7 Å². The quantitative estimate of drug-likeness (QED) is 0.627. The number of nitrogens with zero attached hydrogens (tertiary/aromatic N) is 3. The highest BCUT2D eigenvalue weighted by atomic mass is 35.5. The molecule has 0 aromatic carbocycles. The fourth-order valence-corrected chi connectivity index (χ4v) is 3.59. The zero-order valence-electron chi connectivity index (χ0n) is 16.1. The van der Waals surface area contributed by atoms with Gasteiger partial charge in [-0.3, -0.25) is 19.5 Å². The standard InChI is InChI=1S/C21H20ClN5O3/c22-16-6-18-19(26-20(16)28)5-12(7-23-18)9-27-10-15(11-27)30-14-3-4-17(24-8-14)21(29)25-13-1-2-13/h3-8,13,15H,1-2,9-11H2,(H,25,29)(H,26,28). The van der Waals surface area contributed by atoms with E-state index in [0.29, 0.717) is 35.1 Å². The smallest absolute Gasteiger partial charge is 0.270 e. The summed E-state index contributed by atoms with van der Waals surface area (Å²) < 4.78 is 5.93. The molecule has 0 unspecified atom stereocenters. The largest absolute Gasteiger partial charge is 0.486 e. The van der Waals surface area contributed by atoms with Crippen LogP contribution >= 0.6 is 11.6 Å². The number of H-pyrrole nitrogens is 1. The van der Waals surface area contributed by atoms with Gasteiger partial charge < -0.3 is 15.0 Å². The highest BCUT2D eigenvalue weighted by molar-refractivity contribution is 6.30. The van der Waals surface area contributed by atoms with Crippen molar-refractivity contribution in [1.82, 2.24) is 25.2 Å². The minimum absolute atomic E-state index is 0.0740. The maximum atomic E-state index is 12.0. The van der Waals surface area contributed by atoms with Crippen molar-refractivity contribution in [2.75, 3.05) is 13.1 Å². The van der Waals surface area contributed by atoms with Gasteiger partial charge in [0.05, 0.1) is 17.2 Å². The second kappa shape index (κ2) is 7.70. The van der Waals surface area contributed by atoms with Crippen molar-refractivity contribution in [3.8, 4) is 5.75 Å². The number of amides is 1. The van der Waals surface area contributed by atoms with Gasteiger partial charge in [0.1, 0.15) is 22.6 Å². The Morgan fingerprint density at radius 3 is 2.80 bits per heavy atom. The Bertz CT molecular complexity index is 1150. The van der Waals surface area contributed by atoms with Crippen molar-refractivity contribution >= 4 is 28.5 Å². The van der Waals surface area contributed by atoms with Crippen LogP contribution in [0.3, 0.4) is 0 Å². The van der Waals surface area contributed by atoms with E-state index in [1.165, 1.54) is 0 Å². The lowest BCUT2D eigenvalue weighted by Crippen LogP contribution is -2.53. The fourth-order valence-electron chi connectivity index (χ4n) is 3.44. The van der Waals surface area contributed by atoms with Crippen LogP contribution in [0.15, 0.2) is 41.5 Å². The predicted octanol–water partition coefficient (Wildman–Crippen LogP) is 2.13. The minimum Gasteiger partial charge on any atom is -0.486 e. The Labute approximate surface area is 177 Å². The number of hydrogen-bond acceptors (Lipinski definition) is 6. The van der Waals surface area contributed by atoms with Gasteiger partial charge >= 0.3 is 0 Å². The first kappa shape index (κ1) is 19.0. The Morgan fingerprint density at radius 2 is 2.07 bits per heavy atom.